The Labute approximate surface area is 70.3 Å². The van der Waals surface area contributed by atoms with Crippen molar-refractivity contribution in [2.45, 2.75) is 58.0 Å². The lowest BCUT2D eigenvalue weighted by Crippen LogP contribution is -2.30. The second-order valence-corrected chi connectivity index (χ2v) is 3.31. The molecule has 0 bridgehead atoms. The lowest BCUT2D eigenvalue weighted by molar-refractivity contribution is 0.475. The Balaban J connectivity index is 3.27. The van der Waals surface area contributed by atoms with Gasteiger partial charge in [0.2, 0.25) is 0 Å². The molecule has 68 valence electrons. The molecule has 0 heterocycles. The van der Waals surface area contributed by atoms with Gasteiger partial charge in [-0.3, -0.25) is 0 Å². The fraction of sp³-hybridized carbons (Fsp3) is 1.00. The lowest BCUT2D eigenvalue weighted by atomic mass is 10.0. The van der Waals surface area contributed by atoms with Crippen LogP contribution in [0.3, 0.4) is 0 Å². The van der Waals surface area contributed by atoms with Crippen LogP contribution in [0.15, 0.2) is 0 Å². The molecular weight excluding hydrogens is 136 g/mol. The van der Waals surface area contributed by atoms with E-state index < -0.39 is 0 Å². The van der Waals surface area contributed by atoms with E-state index in [4.69, 9.17) is 11.5 Å². The van der Waals surface area contributed by atoms with Crippen LogP contribution in [0.5, 0.6) is 0 Å². The zero-order valence-electron chi connectivity index (χ0n) is 7.84. The molecule has 0 amide bonds. The van der Waals surface area contributed by atoms with Gasteiger partial charge in [-0.2, -0.15) is 0 Å². The van der Waals surface area contributed by atoms with Crippen molar-refractivity contribution < 1.29 is 0 Å². The second kappa shape index (κ2) is 6.62. The molecule has 0 aromatic rings. The summed E-state index contributed by atoms with van der Waals surface area (Å²) in [7, 11) is 0. The number of hydrogen-bond donors (Lipinski definition) is 2. The summed E-state index contributed by atoms with van der Waals surface area (Å²) in [6.07, 6.45) is 5.62. The van der Waals surface area contributed by atoms with E-state index in [1.54, 1.807) is 0 Å². The molecule has 2 heteroatoms. The minimum absolute atomic E-state index is 0.307. The Hall–Kier alpha value is -0.0800. The smallest absolute Gasteiger partial charge is 0.00535 e. The van der Waals surface area contributed by atoms with Crippen LogP contribution in [-0.2, 0) is 0 Å². The number of nitrogens with two attached hydrogens (primary N) is 2. The van der Waals surface area contributed by atoms with E-state index in [2.05, 4.69) is 13.8 Å². The summed E-state index contributed by atoms with van der Waals surface area (Å²) in [5.74, 6) is 0. The highest BCUT2D eigenvalue weighted by Crippen LogP contribution is 2.05. The van der Waals surface area contributed by atoms with Crippen LogP contribution < -0.4 is 11.5 Å². The van der Waals surface area contributed by atoms with Crippen LogP contribution in [0, 0.1) is 0 Å². The average Bonchev–Trinajstić information content (AvgIpc) is 2.00. The first kappa shape index (κ1) is 10.9. The maximum atomic E-state index is 5.86. The lowest BCUT2D eigenvalue weighted by Gasteiger charge is -2.14. The van der Waals surface area contributed by atoms with Gasteiger partial charge in [0, 0.05) is 12.1 Å². The van der Waals surface area contributed by atoms with E-state index in [-0.39, 0.29) is 0 Å². The maximum absolute atomic E-state index is 5.86. The summed E-state index contributed by atoms with van der Waals surface area (Å²) >= 11 is 0. The summed E-state index contributed by atoms with van der Waals surface area (Å²) in [4.78, 5) is 0. The van der Waals surface area contributed by atoms with Crippen molar-refractivity contribution in [1.82, 2.24) is 0 Å². The Morgan fingerprint density at radius 1 is 1.09 bits per heavy atom. The summed E-state index contributed by atoms with van der Waals surface area (Å²) in [5.41, 5.74) is 11.6. The third-order valence-electron chi connectivity index (χ3n) is 2.06. The zero-order chi connectivity index (χ0) is 8.69. The van der Waals surface area contributed by atoms with E-state index in [0.717, 1.165) is 19.3 Å². The van der Waals surface area contributed by atoms with Gasteiger partial charge in [0.15, 0.2) is 0 Å². The molecule has 0 radical (unpaired) electrons. The Morgan fingerprint density at radius 3 is 2.18 bits per heavy atom. The molecule has 0 saturated heterocycles. The van der Waals surface area contributed by atoms with Crippen molar-refractivity contribution in [3.05, 3.63) is 0 Å². The van der Waals surface area contributed by atoms with Crippen LogP contribution in [0.1, 0.15) is 46.0 Å². The van der Waals surface area contributed by atoms with Crippen LogP contribution in [0.4, 0.5) is 0 Å². The average molecular weight is 158 g/mol. The fourth-order valence-corrected chi connectivity index (χ4v) is 1.14. The van der Waals surface area contributed by atoms with Crippen LogP contribution in [-0.4, -0.2) is 12.1 Å². The Kier molecular flexibility index (Phi) is 6.57. The van der Waals surface area contributed by atoms with Crippen molar-refractivity contribution in [3.8, 4) is 0 Å². The molecule has 2 atom stereocenters. The highest BCUT2D eigenvalue weighted by molar-refractivity contribution is 4.68. The minimum atomic E-state index is 0.307. The first-order valence-corrected chi connectivity index (χ1v) is 4.71. The first-order chi connectivity index (χ1) is 5.20. The molecule has 0 fully saturated rings. The summed E-state index contributed by atoms with van der Waals surface area (Å²) < 4.78 is 0. The molecule has 0 aliphatic rings. The first-order valence-electron chi connectivity index (χ1n) is 4.71. The molecule has 2 unspecified atom stereocenters. The molecule has 0 aliphatic carbocycles. The van der Waals surface area contributed by atoms with Gasteiger partial charge >= 0.3 is 0 Å². The molecular formula is C9H22N2. The monoisotopic (exact) mass is 158 g/mol. The topological polar surface area (TPSA) is 52.0 Å². The predicted octanol–water partition coefficient (Wildman–Crippen LogP) is 1.63. The fourth-order valence-electron chi connectivity index (χ4n) is 1.14. The van der Waals surface area contributed by atoms with Gasteiger partial charge in [-0.05, 0) is 19.3 Å². The SMILES string of the molecule is CCCCC(N)CC(N)CC. The minimum Gasteiger partial charge on any atom is -0.328 e. The Morgan fingerprint density at radius 2 is 1.73 bits per heavy atom. The zero-order valence-corrected chi connectivity index (χ0v) is 7.84. The molecule has 0 aliphatic heterocycles. The van der Waals surface area contributed by atoms with Crippen LogP contribution >= 0.6 is 0 Å². The molecule has 2 nitrogen and oxygen atoms in total. The van der Waals surface area contributed by atoms with Crippen molar-refractivity contribution >= 4 is 0 Å². The van der Waals surface area contributed by atoms with Gasteiger partial charge in [-0.15, -0.1) is 0 Å². The molecule has 4 N–H and O–H groups in total. The van der Waals surface area contributed by atoms with Crippen molar-refractivity contribution in [1.29, 1.82) is 0 Å². The third-order valence-corrected chi connectivity index (χ3v) is 2.06. The quantitative estimate of drug-likeness (QED) is 0.617. The molecule has 0 rings (SSSR count). The largest absolute Gasteiger partial charge is 0.328 e. The predicted molar refractivity (Wildman–Crippen MR) is 50.4 cm³/mol. The molecule has 11 heavy (non-hydrogen) atoms. The standard InChI is InChI=1S/C9H22N2/c1-3-5-6-9(11)7-8(10)4-2/h8-9H,3-7,10-11H2,1-2H3. The van der Waals surface area contributed by atoms with E-state index in [1.807, 2.05) is 0 Å². The van der Waals surface area contributed by atoms with E-state index in [0.29, 0.717) is 12.1 Å². The Bertz CT molecular complexity index is 83.6. The van der Waals surface area contributed by atoms with Crippen molar-refractivity contribution in [2.75, 3.05) is 0 Å². The van der Waals surface area contributed by atoms with Gasteiger partial charge in [0.25, 0.3) is 0 Å². The number of unbranched alkanes of at least 4 members (excludes halogenated alkanes) is 1. The summed E-state index contributed by atoms with van der Waals surface area (Å²) in [6.45, 7) is 4.30. The number of hydrogen-bond acceptors (Lipinski definition) is 2. The van der Waals surface area contributed by atoms with Gasteiger partial charge in [-0.1, -0.05) is 26.7 Å². The molecule has 0 spiro atoms. The van der Waals surface area contributed by atoms with E-state index in [1.165, 1.54) is 12.8 Å². The van der Waals surface area contributed by atoms with Gasteiger partial charge in [0.05, 0.1) is 0 Å². The van der Waals surface area contributed by atoms with Crippen LogP contribution in [0.2, 0.25) is 0 Å². The third kappa shape index (κ3) is 6.32. The van der Waals surface area contributed by atoms with Crippen molar-refractivity contribution in [3.63, 3.8) is 0 Å². The summed E-state index contributed by atoms with van der Waals surface area (Å²) in [5, 5.41) is 0. The maximum Gasteiger partial charge on any atom is 0.00535 e. The molecule has 0 aromatic heterocycles. The normalized spacial score (nSPS) is 16.4. The van der Waals surface area contributed by atoms with Gasteiger partial charge < -0.3 is 11.5 Å². The van der Waals surface area contributed by atoms with Crippen molar-refractivity contribution in [2.24, 2.45) is 11.5 Å². The molecule has 0 saturated carbocycles. The van der Waals surface area contributed by atoms with Gasteiger partial charge in [0.1, 0.15) is 0 Å². The van der Waals surface area contributed by atoms with E-state index >= 15 is 0 Å². The highest BCUT2D eigenvalue weighted by atomic mass is 14.7. The molecule has 0 aromatic carbocycles. The number of rotatable bonds is 6. The van der Waals surface area contributed by atoms with Crippen LogP contribution in [0.25, 0.3) is 0 Å². The van der Waals surface area contributed by atoms with Gasteiger partial charge in [-0.25, -0.2) is 0 Å². The summed E-state index contributed by atoms with van der Waals surface area (Å²) in [6, 6.07) is 0.631. The van der Waals surface area contributed by atoms with E-state index in [9.17, 15) is 0 Å². The second-order valence-electron chi connectivity index (χ2n) is 3.31. The highest BCUT2D eigenvalue weighted by Gasteiger charge is 2.06.